The van der Waals surface area contributed by atoms with Gasteiger partial charge in [0, 0.05) is 51.0 Å². The standard InChI is InChI=1S/C20H24N4O/c1-23-11-10-22-20(23)18-15-21-9-12-24(18)13-14-25-19-8-4-6-16-5-2-3-7-17(16)19/h2-8,10-11,18,21H,9,12-15H2,1H3. The van der Waals surface area contributed by atoms with Crippen LogP contribution in [0, 0.1) is 0 Å². The normalized spacial score (nSPS) is 18.5. The lowest BCUT2D eigenvalue weighted by Gasteiger charge is -2.35. The van der Waals surface area contributed by atoms with Crippen molar-refractivity contribution in [2.24, 2.45) is 7.05 Å². The molecule has 1 atom stereocenters. The summed E-state index contributed by atoms with van der Waals surface area (Å²) in [4.78, 5) is 7.00. The largest absolute Gasteiger partial charge is 0.492 e. The predicted octanol–water partition coefficient (Wildman–Crippen LogP) is 2.60. The second kappa shape index (κ2) is 7.25. The lowest BCUT2D eigenvalue weighted by Crippen LogP contribution is -2.48. The van der Waals surface area contributed by atoms with Gasteiger partial charge in [0.1, 0.15) is 18.2 Å². The van der Waals surface area contributed by atoms with Gasteiger partial charge in [-0.05, 0) is 11.5 Å². The molecule has 0 bridgehead atoms. The van der Waals surface area contributed by atoms with Crippen molar-refractivity contribution in [2.75, 3.05) is 32.8 Å². The van der Waals surface area contributed by atoms with Crippen LogP contribution in [0.4, 0.5) is 0 Å². The minimum absolute atomic E-state index is 0.296. The van der Waals surface area contributed by atoms with Crippen molar-refractivity contribution in [2.45, 2.75) is 6.04 Å². The maximum absolute atomic E-state index is 6.13. The molecule has 1 fully saturated rings. The quantitative estimate of drug-likeness (QED) is 0.778. The fraction of sp³-hybridized carbons (Fsp3) is 0.350. The Bertz CT molecular complexity index is 839. The zero-order valence-electron chi connectivity index (χ0n) is 14.6. The molecule has 3 aromatic rings. The highest BCUT2D eigenvalue weighted by atomic mass is 16.5. The molecule has 0 radical (unpaired) electrons. The maximum Gasteiger partial charge on any atom is 0.127 e. The SMILES string of the molecule is Cn1ccnc1C1CNCCN1CCOc1cccc2ccccc12. The number of ether oxygens (including phenoxy) is 1. The van der Waals surface area contributed by atoms with Gasteiger partial charge in [-0.3, -0.25) is 4.90 Å². The number of aryl methyl sites for hydroxylation is 1. The third-order valence-electron chi connectivity index (χ3n) is 4.90. The summed E-state index contributed by atoms with van der Waals surface area (Å²) < 4.78 is 8.24. The predicted molar refractivity (Wildman–Crippen MR) is 99.8 cm³/mol. The second-order valence-corrected chi connectivity index (χ2v) is 6.48. The van der Waals surface area contributed by atoms with E-state index in [1.807, 2.05) is 12.4 Å². The summed E-state index contributed by atoms with van der Waals surface area (Å²) in [5, 5.41) is 5.86. The van der Waals surface area contributed by atoms with Crippen LogP contribution >= 0.6 is 0 Å². The van der Waals surface area contributed by atoms with Gasteiger partial charge in [-0.25, -0.2) is 4.98 Å². The van der Waals surface area contributed by atoms with E-state index in [9.17, 15) is 0 Å². The molecule has 0 saturated carbocycles. The Labute approximate surface area is 148 Å². The van der Waals surface area contributed by atoms with Gasteiger partial charge in [-0.2, -0.15) is 0 Å². The van der Waals surface area contributed by atoms with E-state index >= 15 is 0 Å². The number of hydrogen-bond acceptors (Lipinski definition) is 4. The van der Waals surface area contributed by atoms with Crippen LogP contribution in [-0.4, -0.2) is 47.2 Å². The van der Waals surface area contributed by atoms with Crippen LogP contribution in [-0.2, 0) is 7.05 Å². The molecule has 2 heterocycles. The van der Waals surface area contributed by atoms with Gasteiger partial charge in [0.25, 0.3) is 0 Å². The van der Waals surface area contributed by atoms with Crippen LogP contribution in [0.15, 0.2) is 54.9 Å². The Morgan fingerprint density at radius 1 is 1.20 bits per heavy atom. The van der Waals surface area contributed by atoms with Crippen molar-refractivity contribution in [1.29, 1.82) is 0 Å². The van der Waals surface area contributed by atoms with Crippen molar-refractivity contribution >= 4 is 10.8 Å². The summed E-state index contributed by atoms with van der Waals surface area (Å²) in [6, 6.07) is 14.9. The first-order valence-electron chi connectivity index (χ1n) is 8.85. The molecular formula is C20H24N4O. The van der Waals surface area contributed by atoms with Gasteiger partial charge in [0.15, 0.2) is 0 Å². The number of nitrogens with zero attached hydrogens (tertiary/aromatic N) is 3. The van der Waals surface area contributed by atoms with Crippen LogP contribution in [0.25, 0.3) is 10.8 Å². The Balaban J connectivity index is 1.44. The molecule has 1 unspecified atom stereocenters. The Hall–Kier alpha value is -2.37. The minimum Gasteiger partial charge on any atom is -0.492 e. The second-order valence-electron chi connectivity index (χ2n) is 6.48. The molecule has 25 heavy (non-hydrogen) atoms. The number of nitrogens with one attached hydrogen (secondary N) is 1. The Morgan fingerprint density at radius 2 is 2.08 bits per heavy atom. The summed E-state index contributed by atoms with van der Waals surface area (Å²) in [7, 11) is 2.06. The van der Waals surface area contributed by atoms with E-state index in [0.717, 1.165) is 37.8 Å². The topological polar surface area (TPSA) is 42.3 Å². The van der Waals surface area contributed by atoms with Crippen molar-refractivity contribution in [3.63, 3.8) is 0 Å². The summed E-state index contributed by atoms with van der Waals surface area (Å²) in [6.45, 7) is 4.52. The number of benzene rings is 2. The molecule has 5 heteroatoms. The average Bonchev–Trinajstić information content (AvgIpc) is 3.08. The van der Waals surface area contributed by atoms with Crippen molar-refractivity contribution in [1.82, 2.24) is 19.8 Å². The van der Waals surface area contributed by atoms with E-state index in [1.54, 1.807) is 0 Å². The van der Waals surface area contributed by atoms with Crippen LogP contribution in [0.5, 0.6) is 5.75 Å². The van der Waals surface area contributed by atoms with Gasteiger partial charge in [-0.15, -0.1) is 0 Å². The number of rotatable bonds is 5. The van der Waals surface area contributed by atoms with E-state index in [1.165, 1.54) is 10.8 Å². The van der Waals surface area contributed by atoms with Crippen molar-refractivity contribution in [3.05, 3.63) is 60.7 Å². The number of imidazole rings is 1. The van der Waals surface area contributed by atoms with E-state index in [4.69, 9.17) is 4.74 Å². The van der Waals surface area contributed by atoms with E-state index < -0.39 is 0 Å². The number of aromatic nitrogens is 2. The van der Waals surface area contributed by atoms with Crippen molar-refractivity contribution < 1.29 is 4.74 Å². The van der Waals surface area contributed by atoms with Crippen LogP contribution in [0.1, 0.15) is 11.9 Å². The molecule has 4 rings (SSSR count). The molecule has 1 aromatic heterocycles. The zero-order chi connectivity index (χ0) is 17.1. The first kappa shape index (κ1) is 16.1. The Kier molecular flexibility index (Phi) is 4.68. The maximum atomic E-state index is 6.13. The molecule has 5 nitrogen and oxygen atoms in total. The van der Waals surface area contributed by atoms with Gasteiger partial charge in [0.05, 0.1) is 6.04 Å². The van der Waals surface area contributed by atoms with Crippen LogP contribution < -0.4 is 10.1 Å². The number of piperazine rings is 1. The first-order chi connectivity index (χ1) is 12.3. The molecule has 130 valence electrons. The average molecular weight is 336 g/mol. The van der Waals surface area contributed by atoms with Crippen LogP contribution in [0.2, 0.25) is 0 Å². The minimum atomic E-state index is 0.296. The highest BCUT2D eigenvalue weighted by molar-refractivity contribution is 5.88. The zero-order valence-corrected chi connectivity index (χ0v) is 14.6. The lowest BCUT2D eigenvalue weighted by atomic mass is 10.1. The van der Waals surface area contributed by atoms with Gasteiger partial charge in [0.2, 0.25) is 0 Å². The lowest BCUT2D eigenvalue weighted by molar-refractivity contribution is 0.127. The fourth-order valence-electron chi connectivity index (χ4n) is 3.56. The van der Waals surface area contributed by atoms with Crippen LogP contribution in [0.3, 0.4) is 0 Å². The smallest absolute Gasteiger partial charge is 0.127 e. The monoisotopic (exact) mass is 336 g/mol. The third kappa shape index (κ3) is 3.38. The Morgan fingerprint density at radius 3 is 2.96 bits per heavy atom. The molecule has 0 spiro atoms. The van der Waals surface area contributed by atoms with Gasteiger partial charge >= 0.3 is 0 Å². The molecule has 2 aromatic carbocycles. The summed E-state index contributed by atoms with van der Waals surface area (Å²) in [6.07, 6.45) is 3.88. The number of hydrogen-bond donors (Lipinski definition) is 1. The summed E-state index contributed by atoms with van der Waals surface area (Å²) in [5.41, 5.74) is 0. The highest BCUT2D eigenvalue weighted by Crippen LogP contribution is 2.25. The van der Waals surface area contributed by atoms with Gasteiger partial charge < -0.3 is 14.6 Å². The molecule has 1 aliphatic heterocycles. The van der Waals surface area contributed by atoms with Gasteiger partial charge in [-0.1, -0.05) is 36.4 Å². The van der Waals surface area contributed by atoms with E-state index in [0.29, 0.717) is 12.6 Å². The third-order valence-corrected chi connectivity index (χ3v) is 4.90. The molecule has 1 aliphatic rings. The summed E-state index contributed by atoms with van der Waals surface area (Å²) in [5.74, 6) is 2.07. The molecule has 1 N–H and O–H groups in total. The highest BCUT2D eigenvalue weighted by Gasteiger charge is 2.26. The molecule has 0 amide bonds. The first-order valence-corrected chi connectivity index (χ1v) is 8.85. The molecule has 1 saturated heterocycles. The van der Waals surface area contributed by atoms with E-state index in [2.05, 4.69) is 69.3 Å². The fourth-order valence-corrected chi connectivity index (χ4v) is 3.56. The molecule has 0 aliphatic carbocycles. The van der Waals surface area contributed by atoms with E-state index in [-0.39, 0.29) is 0 Å². The molecular weight excluding hydrogens is 312 g/mol. The van der Waals surface area contributed by atoms with Crippen molar-refractivity contribution in [3.8, 4) is 5.75 Å². The summed E-state index contributed by atoms with van der Waals surface area (Å²) >= 11 is 0. The number of fused-ring (bicyclic) bond motifs is 1.